The van der Waals surface area contributed by atoms with Gasteiger partial charge in [0.25, 0.3) is 0 Å². The van der Waals surface area contributed by atoms with Gasteiger partial charge in [-0.3, -0.25) is 0 Å². The minimum absolute atomic E-state index is 0. The molecule has 0 aliphatic rings. The van der Waals surface area contributed by atoms with E-state index >= 15 is 0 Å². The summed E-state index contributed by atoms with van der Waals surface area (Å²) < 4.78 is 30.6. The molecule has 174 valence electrons. The summed E-state index contributed by atoms with van der Waals surface area (Å²) in [4.78, 5) is 4.79. The van der Waals surface area contributed by atoms with Crippen molar-refractivity contribution in [2.45, 2.75) is 64.3 Å². The molecule has 0 aliphatic heterocycles. The van der Waals surface area contributed by atoms with Crippen LogP contribution in [0.25, 0.3) is 0 Å². The van der Waals surface area contributed by atoms with Gasteiger partial charge in [-0.1, -0.05) is 51.9 Å². The van der Waals surface area contributed by atoms with E-state index in [-0.39, 0.29) is 41.7 Å². The van der Waals surface area contributed by atoms with Crippen LogP contribution < -0.4 is 10.6 Å². The summed E-state index contributed by atoms with van der Waals surface area (Å²) in [5.74, 6) is 1.48. The first kappa shape index (κ1) is 27.4. The van der Waals surface area contributed by atoms with Gasteiger partial charge in [0, 0.05) is 19.2 Å². The van der Waals surface area contributed by atoms with Crippen molar-refractivity contribution in [1.29, 1.82) is 0 Å². The third-order valence-electron chi connectivity index (χ3n) is 4.65. The maximum Gasteiger partial charge on any atom is 0.191 e. The monoisotopic (exact) mass is 562 g/mol. The number of aliphatic imine (C=N–C) groups is 1. The van der Waals surface area contributed by atoms with Crippen LogP contribution in [0.2, 0.25) is 0 Å². The van der Waals surface area contributed by atoms with Crippen LogP contribution in [0.3, 0.4) is 0 Å². The summed E-state index contributed by atoms with van der Waals surface area (Å²) in [5, 5.41) is 10.2. The molecule has 0 radical (unpaired) electrons. The van der Waals surface area contributed by atoms with Gasteiger partial charge in [0.05, 0.1) is 16.3 Å². The zero-order valence-corrected chi connectivity index (χ0v) is 22.4. The highest BCUT2D eigenvalue weighted by Gasteiger charge is 2.18. The number of hydrogen-bond acceptors (Lipinski definition) is 5. The molecule has 0 atom stereocenters. The minimum atomic E-state index is -3.38. The molecule has 1 aromatic heterocycles. The Morgan fingerprint density at radius 2 is 1.81 bits per heavy atom. The minimum Gasteiger partial charge on any atom is -0.359 e. The summed E-state index contributed by atoms with van der Waals surface area (Å²) in [7, 11) is -3.38. The molecule has 1 heterocycles. The third kappa shape index (κ3) is 8.44. The summed E-state index contributed by atoms with van der Waals surface area (Å²) in [5.41, 5.74) is 1.98. The normalized spacial score (nSPS) is 12.5. The van der Waals surface area contributed by atoms with Gasteiger partial charge in [-0.05, 0) is 36.0 Å². The lowest BCUT2D eigenvalue weighted by atomic mass is 9.87. The van der Waals surface area contributed by atoms with Gasteiger partial charge in [0.15, 0.2) is 21.6 Å². The molecule has 2 rings (SSSR count). The summed E-state index contributed by atoms with van der Waals surface area (Å²) in [6.07, 6.45) is 0. The Morgan fingerprint density at radius 3 is 2.32 bits per heavy atom. The van der Waals surface area contributed by atoms with E-state index in [1.54, 1.807) is 12.1 Å². The van der Waals surface area contributed by atoms with E-state index < -0.39 is 9.84 Å². The molecule has 0 spiro atoms. The molecule has 7 nitrogen and oxygen atoms in total. The van der Waals surface area contributed by atoms with Crippen molar-refractivity contribution >= 4 is 39.8 Å². The van der Waals surface area contributed by atoms with Gasteiger partial charge in [-0.15, -0.1) is 24.0 Å². The predicted molar refractivity (Wildman–Crippen MR) is 136 cm³/mol. The molecule has 0 bridgehead atoms. The Morgan fingerprint density at radius 1 is 1.16 bits per heavy atom. The standard InChI is InChI=1S/C22H34N4O3S.HI/c1-7-23-21(25-15-18-14-20(16(2)3)26-29-18)24-12-13-30(27,28)19-10-8-17(9-11-19)22(4,5)6;/h8-11,14,16H,7,12-13,15H2,1-6H3,(H2,23,24,25);1H. The smallest absolute Gasteiger partial charge is 0.191 e. The van der Waals surface area contributed by atoms with E-state index in [0.29, 0.717) is 35.6 Å². The van der Waals surface area contributed by atoms with Gasteiger partial charge in [-0.25, -0.2) is 13.4 Å². The highest BCUT2D eigenvalue weighted by Crippen LogP contribution is 2.23. The first-order valence-corrected chi connectivity index (χ1v) is 12.0. The number of nitrogens with one attached hydrogen (secondary N) is 2. The van der Waals surface area contributed by atoms with Gasteiger partial charge in [0.2, 0.25) is 0 Å². The van der Waals surface area contributed by atoms with Crippen LogP contribution in [0.1, 0.15) is 64.5 Å². The second-order valence-electron chi connectivity index (χ2n) is 8.59. The Kier molecular flexibility index (Phi) is 10.5. The topological polar surface area (TPSA) is 96.6 Å². The molecule has 0 unspecified atom stereocenters. The van der Waals surface area contributed by atoms with Crippen molar-refractivity contribution in [3.8, 4) is 0 Å². The molecule has 0 saturated heterocycles. The first-order valence-electron chi connectivity index (χ1n) is 10.3. The fourth-order valence-electron chi connectivity index (χ4n) is 2.76. The molecular weight excluding hydrogens is 527 g/mol. The average molecular weight is 563 g/mol. The molecular formula is C22H35IN4O3S. The van der Waals surface area contributed by atoms with Crippen LogP contribution in [0.15, 0.2) is 44.7 Å². The number of benzene rings is 1. The Balaban J connectivity index is 0.00000480. The number of nitrogens with zero attached hydrogens (tertiary/aromatic N) is 2. The van der Waals surface area contributed by atoms with Crippen molar-refractivity contribution in [2.24, 2.45) is 4.99 Å². The predicted octanol–water partition coefficient (Wildman–Crippen LogP) is 4.24. The van der Waals surface area contributed by atoms with Gasteiger partial charge in [-0.2, -0.15) is 0 Å². The molecule has 0 amide bonds. The zero-order valence-electron chi connectivity index (χ0n) is 19.2. The Labute approximate surface area is 203 Å². The first-order chi connectivity index (χ1) is 14.0. The average Bonchev–Trinajstić information content (AvgIpc) is 3.15. The molecule has 9 heteroatoms. The molecule has 2 aromatic rings. The highest BCUT2D eigenvalue weighted by atomic mass is 127. The Bertz CT molecular complexity index is 946. The number of hydrogen-bond donors (Lipinski definition) is 2. The van der Waals surface area contributed by atoms with Gasteiger partial charge < -0.3 is 15.2 Å². The zero-order chi connectivity index (χ0) is 22.4. The van der Waals surface area contributed by atoms with E-state index in [0.717, 1.165) is 11.3 Å². The Hall–Kier alpha value is -1.62. The van der Waals surface area contributed by atoms with Crippen LogP contribution in [0.5, 0.6) is 0 Å². The van der Waals surface area contributed by atoms with Crippen molar-refractivity contribution in [1.82, 2.24) is 15.8 Å². The summed E-state index contributed by atoms with van der Waals surface area (Å²) in [6.45, 7) is 13.6. The van der Waals surface area contributed by atoms with Crippen LogP contribution >= 0.6 is 24.0 Å². The number of rotatable bonds is 8. The fraction of sp³-hybridized carbons (Fsp3) is 0.545. The van der Waals surface area contributed by atoms with Crippen molar-refractivity contribution in [3.63, 3.8) is 0 Å². The third-order valence-corrected chi connectivity index (χ3v) is 6.38. The SMILES string of the molecule is CCNC(=NCc1cc(C(C)C)no1)NCCS(=O)(=O)c1ccc(C(C)(C)C)cc1.I. The van der Waals surface area contributed by atoms with Crippen molar-refractivity contribution in [2.75, 3.05) is 18.8 Å². The molecule has 31 heavy (non-hydrogen) atoms. The molecule has 0 saturated carbocycles. The van der Waals surface area contributed by atoms with Crippen LogP contribution in [-0.2, 0) is 21.8 Å². The quantitative estimate of drug-likeness (QED) is 0.284. The van der Waals surface area contributed by atoms with E-state index in [2.05, 4.69) is 41.6 Å². The number of aromatic nitrogens is 1. The highest BCUT2D eigenvalue weighted by molar-refractivity contribution is 14.0. The number of guanidine groups is 1. The van der Waals surface area contributed by atoms with Gasteiger partial charge >= 0.3 is 0 Å². The molecule has 1 aromatic carbocycles. The molecule has 0 fully saturated rings. The van der Waals surface area contributed by atoms with Crippen molar-refractivity contribution < 1.29 is 12.9 Å². The van der Waals surface area contributed by atoms with Crippen LogP contribution in [-0.4, -0.2) is 38.4 Å². The van der Waals surface area contributed by atoms with E-state index in [1.807, 2.05) is 39.0 Å². The summed E-state index contributed by atoms with van der Waals surface area (Å²) in [6, 6.07) is 9.03. The fourth-order valence-corrected chi connectivity index (χ4v) is 3.92. The van der Waals surface area contributed by atoms with E-state index in [9.17, 15) is 8.42 Å². The number of halogens is 1. The molecule has 2 N–H and O–H groups in total. The lowest BCUT2D eigenvalue weighted by Gasteiger charge is -2.19. The second-order valence-corrected chi connectivity index (χ2v) is 10.7. The van der Waals surface area contributed by atoms with E-state index in [1.165, 1.54) is 0 Å². The maximum atomic E-state index is 12.7. The number of sulfone groups is 1. The van der Waals surface area contributed by atoms with Crippen LogP contribution in [0, 0.1) is 0 Å². The summed E-state index contributed by atoms with van der Waals surface area (Å²) >= 11 is 0. The largest absolute Gasteiger partial charge is 0.359 e. The van der Waals surface area contributed by atoms with Crippen molar-refractivity contribution in [3.05, 3.63) is 47.3 Å². The van der Waals surface area contributed by atoms with E-state index in [4.69, 9.17) is 4.52 Å². The second kappa shape index (κ2) is 11.8. The van der Waals surface area contributed by atoms with Crippen LogP contribution in [0.4, 0.5) is 0 Å². The lowest BCUT2D eigenvalue weighted by molar-refractivity contribution is 0.376. The maximum absolute atomic E-state index is 12.7. The van der Waals surface area contributed by atoms with Gasteiger partial charge in [0.1, 0.15) is 6.54 Å². The molecule has 0 aliphatic carbocycles. The lowest BCUT2D eigenvalue weighted by Crippen LogP contribution is -2.39.